The minimum atomic E-state index is -4.71. The largest absolute Gasteiger partial charge is 0.469 e. The summed E-state index contributed by atoms with van der Waals surface area (Å²) >= 11 is 0. The van der Waals surface area contributed by atoms with Gasteiger partial charge in [-0.3, -0.25) is 9.32 Å². The van der Waals surface area contributed by atoms with Gasteiger partial charge in [-0.2, -0.15) is 0 Å². The number of allylic oxidation sites excluding steroid dienone is 1. The number of unbranched alkanes of at least 4 members (excludes halogenated alkanes) is 34. The Morgan fingerprint density at radius 3 is 1.15 bits per heavy atom. The molecule has 0 heterocycles. The molecule has 0 aliphatic rings. The molecule has 8 heteroatoms. The Labute approximate surface area is 329 Å². The molecule has 4 N–H and O–H groups in total. The summed E-state index contributed by atoms with van der Waals surface area (Å²) in [4.78, 5) is 30.8. The number of nitrogens with one attached hydrogen (secondary N) is 1. The van der Waals surface area contributed by atoms with E-state index < -0.39 is 26.6 Å². The van der Waals surface area contributed by atoms with E-state index in [1.165, 1.54) is 193 Å². The van der Waals surface area contributed by atoms with Gasteiger partial charge in [0.1, 0.15) is 0 Å². The SMILES string of the molecule is CCCCCCCCCC/C=C/[C@@H](O)[C@H](COP(=O)(O)O)NC(=O)CCCCCCCCCCCCCCCCCCCCCCCCCCCCC. The fourth-order valence-corrected chi connectivity index (χ4v) is 7.58. The van der Waals surface area contributed by atoms with Gasteiger partial charge in [-0.25, -0.2) is 4.57 Å². The number of hydrogen-bond acceptors (Lipinski definition) is 4. The highest BCUT2D eigenvalue weighted by Gasteiger charge is 2.24. The summed E-state index contributed by atoms with van der Waals surface area (Å²) in [6.45, 7) is 4.07. The molecule has 0 radical (unpaired) electrons. The molecule has 0 saturated heterocycles. The molecule has 316 valence electrons. The zero-order valence-electron chi connectivity index (χ0n) is 35.2. The van der Waals surface area contributed by atoms with Crippen molar-refractivity contribution in [1.29, 1.82) is 0 Å². The van der Waals surface area contributed by atoms with E-state index >= 15 is 0 Å². The normalized spacial score (nSPS) is 13.2. The van der Waals surface area contributed by atoms with Crippen molar-refractivity contribution < 1.29 is 28.8 Å². The lowest BCUT2D eigenvalue weighted by atomic mass is 10.0. The molecule has 2 atom stereocenters. The van der Waals surface area contributed by atoms with E-state index in [0.29, 0.717) is 6.42 Å². The number of amides is 1. The lowest BCUT2D eigenvalue weighted by Gasteiger charge is -2.22. The quantitative estimate of drug-likeness (QED) is 0.0279. The second-order valence-electron chi connectivity index (χ2n) is 16.1. The summed E-state index contributed by atoms with van der Waals surface area (Å²) in [6, 6.07) is -0.904. The highest BCUT2D eigenvalue weighted by Crippen LogP contribution is 2.36. The first kappa shape index (κ1) is 52.3. The van der Waals surface area contributed by atoms with Crippen LogP contribution in [0.3, 0.4) is 0 Å². The topological polar surface area (TPSA) is 116 Å². The van der Waals surface area contributed by atoms with Crippen molar-refractivity contribution in [2.45, 2.75) is 264 Å². The highest BCUT2D eigenvalue weighted by molar-refractivity contribution is 7.46. The van der Waals surface area contributed by atoms with Gasteiger partial charge in [0.25, 0.3) is 0 Å². The molecule has 0 bridgehead atoms. The molecule has 0 aromatic heterocycles. The lowest BCUT2D eigenvalue weighted by molar-refractivity contribution is -0.123. The van der Waals surface area contributed by atoms with E-state index in [9.17, 15) is 14.5 Å². The molecule has 0 spiro atoms. The highest BCUT2D eigenvalue weighted by atomic mass is 31.2. The fraction of sp³-hybridized carbons (Fsp3) is 0.933. The molecule has 53 heavy (non-hydrogen) atoms. The Bertz CT molecular complexity index is 834. The maximum Gasteiger partial charge on any atom is 0.469 e. The van der Waals surface area contributed by atoms with Crippen LogP contribution in [0.5, 0.6) is 0 Å². The van der Waals surface area contributed by atoms with E-state index in [0.717, 1.165) is 38.5 Å². The number of phosphoric acid groups is 1. The van der Waals surface area contributed by atoms with Gasteiger partial charge in [-0.05, 0) is 19.3 Å². The number of aliphatic hydroxyl groups excluding tert-OH is 1. The summed E-state index contributed by atoms with van der Waals surface area (Å²) in [5, 5.41) is 13.4. The first-order valence-electron chi connectivity index (χ1n) is 23.1. The Morgan fingerprint density at radius 1 is 0.528 bits per heavy atom. The maximum atomic E-state index is 12.6. The molecule has 0 saturated carbocycles. The number of carbonyl (C=O) groups excluding carboxylic acids is 1. The molecule has 0 fully saturated rings. The zero-order valence-corrected chi connectivity index (χ0v) is 36.1. The predicted octanol–water partition coefficient (Wildman–Crippen LogP) is 14.0. The first-order valence-corrected chi connectivity index (χ1v) is 24.7. The zero-order chi connectivity index (χ0) is 38.9. The first-order chi connectivity index (χ1) is 25.8. The van der Waals surface area contributed by atoms with Gasteiger partial charge >= 0.3 is 7.82 Å². The van der Waals surface area contributed by atoms with Crippen LogP contribution in [0.2, 0.25) is 0 Å². The van der Waals surface area contributed by atoms with Crippen molar-refractivity contribution in [3.8, 4) is 0 Å². The van der Waals surface area contributed by atoms with Crippen molar-refractivity contribution in [2.75, 3.05) is 6.61 Å². The number of carbonyl (C=O) groups is 1. The van der Waals surface area contributed by atoms with Crippen molar-refractivity contribution in [2.24, 2.45) is 0 Å². The van der Waals surface area contributed by atoms with Crippen molar-refractivity contribution in [3.05, 3.63) is 12.2 Å². The Kier molecular flexibility index (Phi) is 40.4. The van der Waals surface area contributed by atoms with Crippen LogP contribution in [0.4, 0.5) is 0 Å². The van der Waals surface area contributed by atoms with Gasteiger partial charge in [0.15, 0.2) is 0 Å². The van der Waals surface area contributed by atoms with E-state index in [1.54, 1.807) is 6.08 Å². The van der Waals surface area contributed by atoms with E-state index in [-0.39, 0.29) is 5.91 Å². The number of hydrogen-bond donors (Lipinski definition) is 4. The van der Waals surface area contributed by atoms with Crippen molar-refractivity contribution >= 4 is 13.7 Å². The third-order valence-electron chi connectivity index (χ3n) is 10.7. The van der Waals surface area contributed by atoms with E-state index in [4.69, 9.17) is 9.79 Å². The van der Waals surface area contributed by atoms with Crippen molar-refractivity contribution in [3.63, 3.8) is 0 Å². The average molecular weight is 772 g/mol. The standard InChI is InChI=1S/C45H90NO6P/c1-3-5-7-9-11-13-15-16-17-18-19-20-21-22-23-24-25-26-27-28-29-30-31-33-35-37-39-41-45(48)46-43(42-52-53(49,50)51)44(47)40-38-36-34-32-14-12-10-8-6-4-2/h38,40,43-44,47H,3-37,39,41-42H2,1-2H3,(H,46,48)(H2,49,50,51)/b40-38+/t43-,44+/m0/s1. The summed E-state index contributed by atoms with van der Waals surface area (Å²) in [7, 11) is -4.71. The summed E-state index contributed by atoms with van der Waals surface area (Å²) in [5.74, 6) is -0.223. The van der Waals surface area contributed by atoms with Crippen LogP contribution in [-0.4, -0.2) is 39.6 Å². The molecule has 7 nitrogen and oxygen atoms in total. The Hall–Kier alpha value is -0.720. The van der Waals surface area contributed by atoms with Gasteiger partial charge in [0, 0.05) is 6.42 Å². The summed E-state index contributed by atoms with van der Waals surface area (Å²) in [6.07, 6.45) is 49.8. The maximum absolute atomic E-state index is 12.6. The number of rotatable bonds is 43. The minimum absolute atomic E-state index is 0.223. The molecule has 0 rings (SSSR count). The Morgan fingerprint density at radius 2 is 0.830 bits per heavy atom. The third-order valence-corrected chi connectivity index (χ3v) is 11.2. The predicted molar refractivity (Wildman–Crippen MR) is 227 cm³/mol. The van der Waals surface area contributed by atoms with Crippen LogP contribution in [0.15, 0.2) is 12.2 Å². The molecule has 0 aromatic carbocycles. The van der Waals surface area contributed by atoms with Gasteiger partial charge < -0.3 is 20.2 Å². The van der Waals surface area contributed by atoms with Crippen LogP contribution in [0.1, 0.15) is 251 Å². The summed E-state index contributed by atoms with van der Waals surface area (Å²) < 4.78 is 15.9. The van der Waals surface area contributed by atoms with E-state index in [2.05, 4.69) is 23.7 Å². The third kappa shape index (κ3) is 42.3. The van der Waals surface area contributed by atoms with Gasteiger partial charge in [0.05, 0.1) is 18.8 Å². The molecular formula is C45H90NO6P. The van der Waals surface area contributed by atoms with Gasteiger partial charge in [-0.15, -0.1) is 0 Å². The van der Waals surface area contributed by atoms with Crippen LogP contribution >= 0.6 is 7.82 Å². The molecule has 0 aliphatic heterocycles. The Balaban J connectivity index is 3.70. The molecule has 0 unspecified atom stereocenters. The monoisotopic (exact) mass is 772 g/mol. The van der Waals surface area contributed by atoms with Crippen LogP contribution in [0, 0.1) is 0 Å². The smallest absolute Gasteiger partial charge is 0.387 e. The molecular weight excluding hydrogens is 681 g/mol. The molecule has 1 amide bonds. The van der Waals surface area contributed by atoms with Crippen LogP contribution in [0.25, 0.3) is 0 Å². The number of phosphoric ester groups is 1. The molecule has 0 aliphatic carbocycles. The van der Waals surface area contributed by atoms with Crippen molar-refractivity contribution in [1.82, 2.24) is 5.32 Å². The molecule has 0 aromatic rings. The second-order valence-corrected chi connectivity index (χ2v) is 17.3. The van der Waals surface area contributed by atoms with Crippen LogP contribution in [-0.2, 0) is 13.9 Å². The van der Waals surface area contributed by atoms with Crippen LogP contribution < -0.4 is 5.32 Å². The average Bonchev–Trinajstić information content (AvgIpc) is 3.13. The lowest BCUT2D eigenvalue weighted by Crippen LogP contribution is -2.45. The van der Waals surface area contributed by atoms with Gasteiger partial charge in [0.2, 0.25) is 5.91 Å². The fourth-order valence-electron chi connectivity index (χ4n) is 7.23. The number of aliphatic hydroxyl groups is 1. The van der Waals surface area contributed by atoms with E-state index in [1.807, 2.05) is 6.08 Å². The van der Waals surface area contributed by atoms with Gasteiger partial charge in [-0.1, -0.05) is 238 Å². The second kappa shape index (κ2) is 40.9. The summed E-state index contributed by atoms with van der Waals surface area (Å²) in [5.41, 5.74) is 0. The minimum Gasteiger partial charge on any atom is -0.387 e.